The van der Waals surface area contributed by atoms with Crippen molar-refractivity contribution >= 4 is 11.6 Å². The van der Waals surface area contributed by atoms with Crippen LogP contribution in [0.3, 0.4) is 0 Å². The predicted octanol–water partition coefficient (Wildman–Crippen LogP) is 3.17. The van der Waals surface area contributed by atoms with Crippen molar-refractivity contribution in [1.82, 2.24) is 10.6 Å². The summed E-state index contributed by atoms with van der Waals surface area (Å²) in [6.07, 6.45) is 5.88. The third-order valence-corrected chi connectivity index (χ3v) is 6.06. The van der Waals surface area contributed by atoms with Crippen LogP contribution in [0.5, 0.6) is 0 Å². The zero-order valence-corrected chi connectivity index (χ0v) is 14.9. The van der Waals surface area contributed by atoms with Gasteiger partial charge in [-0.25, -0.2) is 0 Å². The van der Waals surface area contributed by atoms with Gasteiger partial charge in [0.2, 0.25) is 0 Å². The molecule has 0 spiro atoms. The van der Waals surface area contributed by atoms with Gasteiger partial charge < -0.3 is 20.0 Å². The zero-order valence-electron chi connectivity index (χ0n) is 14.9. The van der Waals surface area contributed by atoms with Crippen LogP contribution in [0.4, 0.5) is 5.69 Å². The van der Waals surface area contributed by atoms with Gasteiger partial charge in [0.05, 0.1) is 0 Å². The molecule has 1 amide bonds. The molecule has 5 rings (SSSR count). The second-order valence-corrected chi connectivity index (χ2v) is 7.74. The minimum atomic E-state index is -0.103. The molecule has 0 saturated carbocycles. The number of hydrogen-bond donors (Lipinski definition) is 2. The van der Waals surface area contributed by atoms with Crippen molar-refractivity contribution in [3.8, 4) is 11.3 Å². The average Bonchev–Trinajstić information content (AvgIpc) is 3.46. The normalized spacial score (nSPS) is 27.2. The monoisotopic (exact) mass is 351 g/mol. The number of para-hydroxylation sites is 1. The first kappa shape index (κ1) is 15.9. The van der Waals surface area contributed by atoms with E-state index in [9.17, 15) is 4.79 Å². The van der Waals surface area contributed by atoms with Crippen LogP contribution in [-0.4, -0.2) is 37.1 Å². The molecule has 5 nitrogen and oxygen atoms in total. The summed E-state index contributed by atoms with van der Waals surface area (Å²) in [5, 5.41) is 6.71. The van der Waals surface area contributed by atoms with Gasteiger partial charge in [-0.15, -0.1) is 0 Å². The van der Waals surface area contributed by atoms with Gasteiger partial charge in [0.1, 0.15) is 5.76 Å². The summed E-state index contributed by atoms with van der Waals surface area (Å²) in [6, 6.07) is 13.3. The number of anilines is 1. The van der Waals surface area contributed by atoms with E-state index in [-0.39, 0.29) is 11.9 Å². The molecule has 136 valence electrons. The highest BCUT2D eigenvalue weighted by atomic mass is 16.4. The molecule has 0 aliphatic carbocycles. The fraction of sp³-hybridized carbons (Fsp3) is 0.476. The van der Waals surface area contributed by atoms with Gasteiger partial charge in [0.25, 0.3) is 5.91 Å². The van der Waals surface area contributed by atoms with Crippen LogP contribution in [0.2, 0.25) is 0 Å². The number of nitrogens with one attached hydrogen (secondary N) is 2. The number of amides is 1. The van der Waals surface area contributed by atoms with E-state index in [2.05, 4.69) is 33.7 Å². The van der Waals surface area contributed by atoms with Gasteiger partial charge in [-0.3, -0.25) is 4.79 Å². The Morgan fingerprint density at radius 1 is 1.12 bits per heavy atom. The number of rotatable bonds is 4. The summed E-state index contributed by atoms with van der Waals surface area (Å²) in [4.78, 5) is 15.0. The molecule has 1 aromatic carbocycles. The minimum absolute atomic E-state index is 0.103. The van der Waals surface area contributed by atoms with Crippen molar-refractivity contribution in [2.75, 3.05) is 18.0 Å². The Bertz CT molecular complexity index is 809. The minimum Gasteiger partial charge on any atom is -0.451 e. The van der Waals surface area contributed by atoms with Crippen LogP contribution in [0.15, 0.2) is 40.8 Å². The van der Waals surface area contributed by atoms with E-state index >= 15 is 0 Å². The van der Waals surface area contributed by atoms with Crippen molar-refractivity contribution in [3.63, 3.8) is 0 Å². The third kappa shape index (κ3) is 2.80. The summed E-state index contributed by atoms with van der Waals surface area (Å²) in [7, 11) is 0. The number of benzene rings is 1. The van der Waals surface area contributed by atoms with Gasteiger partial charge in [-0.2, -0.15) is 0 Å². The average molecular weight is 351 g/mol. The van der Waals surface area contributed by atoms with Gasteiger partial charge in [-0.05, 0) is 56.4 Å². The number of carbonyl (C=O) groups is 1. The lowest BCUT2D eigenvalue weighted by molar-refractivity contribution is 0.0903. The van der Waals surface area contributed by atoms with Crippen molar-refractivity contribution in [2.24, 2.45) is 0 Å². The molecule has 1 aromatic heterocycles. The van der Waals surface area contributed by atoms with E-state index < -0.39 is 0 Å². The van der Waals surface area contributed by atoms with E-state index in [1.54, 1.807) is 6.07 Å². The Morgan fingerprint density at radius 2 is 1.96 bits per heavy atom. The highest BCUT2D eigenvalue weighted by molar-refractivity contribution is 5.92. The molecule has 2 bridgehead atoms. The molecule has 3 aliphatic heterocycles. The lowest BCUT2D eigenvalue weighted by Gasteiger charge is -2.21. The quantitative estimate of drug-likeness (QED) is 0.888. The molecule has 2 N–H and O–H groups in total. The Morgan fingerprint density at radius 3 is 2.73 bits per heavy atom. The van der Waals surface area contributed by atoms with E-state index in [4.69, 9.17) is 4.42 Å². The van der Waals surface area contributed by atoms with Gasteiger partial charge >= 0.3 is 0 Å². The molecule has 0 radical (unpaired) electrons. The number of nitrogens with zero attached hydrogens (tertiary/aromatic N) is 1. The van der Waals surface area contributed by atoms with E-state index in [1.165, 1.54) is 24.9 Å². The largest absolute Gasteiger partial charge is 0.451 e. The standard InChI is InChI=1S/C21H25N3O2/c25-21(23-17-13-14-7-8-16(17)22-14)20-10-9-19(26-20)15-5-1-2-6-18(15)24-11-3-4-12-24/h1-2,5-6,9-10,14,16-17,22H,3-4,7-8,11-13H2,(H,23,25). The molecule has 5 heteroatoms. The molecule has 2 aromatic rings. The summed E-state index contributed by atoms with van der Waals surface area (Å²) in [5.74, 6) is 1.07. The molecular formula is C21H25N3O2. The molecule has 3 unspecified atom stereocenters. The Balaban J connectivity index is 1.35. The fourth-order valence-corrected chi connectivity index (χ4v) is 4.74. The van der Waals surface area contributed by atoms with Crippen molar-refractivity contribution in [3.05, 3.63) is 42.2 Å². The maximum Gasteiger partial charge on any atom is 0.287 e. The summed E-state index contributed by atoms with van der Waals surface area (Å²) in [6.45, 7) is 2.17. The number of hydrogen-bond acceptors (Lipinski definition) is 4. The smallest absolute Gasteiger partial charge is 0.287 e. The first-order valence-electron chi connectivity index (χ1n) is 9.79. The molecule has 3 atom stereocenters. The first-order valence-corrected chi connectivity index (χ1v) is 9.79. The van der Waals surface area contributed by atoms with Gasteiger partial charge in [0, 0.05) is 42.5 Å². The van der Waals surface area contributed by atoms with Gasteiger partial charge in [0.15, 0.2) is 5.76 Å². The maximum absolute atomic E-state index is 12.6. The number of fused-ring (bicyclic) bond motifs is 2. The van der Waals surface area contributed by atoms with Crippen LogP contribution in [-0.2, 0) is 0 Å². The number of carbonyl (C=O) groups excluding carboxylic acids is 1. The Hall–Kier alpha value is -2.27. The summed E-state index contributed by atoms with van der Waals surface area (Å²) >= 11 is 0. The van der Waals surface area contributed by atoms with Crippen LogP contribution >= 0.6 is 0 Å². The lowest BCUT2D eigenvalue weighted by Crippen LogP contribution is -2.42. The molecule has 3 fully saturated rings. The summed E-state index contributed by atoms with van der Waals surface area (Å²) in [5.41, 5.74) is 2.26. The number of furan rings is 1. The Kier molecular flexibility index (Phi) is 3.97. The predicted molar refractivity (Wildman–Crippen MR) is 101 cm³/mol. The topological polar surface area (TPSA) is 57.5 Å². The van der Waals surface area contributed by atoms with Crippen LogP contribution < -0.4 is 15.5 Å². The first-order chi connectivity index (χ1) is 12.8. The molecule has 4 heterocycles. The van der Waals surface area contributed by atoms with Crippen LogP contribution in [0.1, 0.15) is 42.7 Å². The van der Waals surface area contributed by atoms with Crippen LogP contribution in [0.25, 0.3) is 11.3 Å². The van der Waals surface area contributed by atoms with E-state index in [0.717, 1.165) is 37.3 Å². The maximum atomic E-state index is 12.6. The third-order valence-electron chi connectivity index (χ3n) is 6.06. The second-order valence-electron chi connectivity index (χ2n) is 7.74. The molecule has 3 saturated heterocycles. The van der Waals surface area contributed by atoms with E-state index in [1.807, 2.05) is 12.1 Å². The molecule has 26 heavy (non-hydrogen) atoms. The highest BCUT2D eigenvalue weighted by Gasteiger charge is 2.40. The highest BCUT2D eigenvalue weighted by Crippen LogP contribution is 2.34. The summed E-state index contributed by atoms with van der Waals surface area (Å²) < 4.78 is 5.96. The molecular weight excluding hydrogens is 326 g/mol. The zero-order chi connectivity index (χ0) is 17.5. The van der Waals surface area contributed by atoms with Crippen molar-refractivity contribution < 1.29 is 9.21 Å². The molecule has 3 aliphatic rings. The van der Waals surface area contributed by atoms with E-state index in [0.29, 0.717) is 17.8 Å². The van der Waals surface area contributed by atoms with Crippen molar-refractivity contribution in [1.29, 1.82) is 0 Å². The second kappa shape index (κ2) is 6.47. The fourth-order valence-electron chi connectivity index (χ4n) is 4.74. The SMILES string of the molecule is O=C(NC1CC2CCC1N2)c1ccc(-c2ccccc2N2CCCC2)o1. The Labute approximate surface area is 153 Å². The van der Waals surface area contributed by atoms with Crippen LogP contribution in [0, 0.1) is 0 Å². The van der Waals surface area contributed by atoms with Crippen molar-refractivity contribution in [2.45, 2.75) is 50.2 Å². The van der Waals surface area contributed by atoms with Gasteiger partial charge in [-0.1, -0.05) is 12.1 Å². The lowest BCUT2D eigenvalue weighted by atomic mass is 9.95.